The van der Waals surface area contributed by atoms with Gasteiger partial charge in [-0.25, -0.2) is 8.78 Å². The van der Waals surface area contributed by atoms with Crippen molar-refractivity contribution in [2.45, 2.75) is 13.5 Å². The largest absolute Gasteiger partial charge is 0.360 e. The summed E-state index contributed by atoms with van der Waals surface area (Å²) < 4.78 is 33.8. The summed E-state index contributed by atoms with van der Waals surface area (Å²) in [4.78, 5) is 32.5. The molecular formula is C31H27Cl3F2N4O3. The van der Waals surface area contributed by atoms with Gasteiger partial charge in [0.2, 0.25) is 0 Å². The van der Waals surface area contributed by atoms with E-state index >= 15 is 0 Å². The predicted octanol–water partition coefficient (Wildman–Crippen LogP) is 6.99. The van der Waals surface area contributed by atoms with Gasteiger partial charge in [-0.05, 0) is 55.0 Å². The second-order valence-electron chi connectivity index (χ2n) is 10.2. The maximum atomic E-state index is 14.8. The zero-order valence-electron chi connectivity index (χ0n) is 23.1. The molecule has 0 saturated carbocycles. The molecule has 1 aliphatic rings. The standard InChI is InChI=1S/C31H27Cl3F2N4O3/c1-19-27(29(37-43-19)28-24(33)3-2-4-26(28)36)31(42)40(18-20-5-8-22(35)9-6-20)16-13-38-11-14-39(15-12-38)30(41)23-10-7-21(32)17-25(23)34/h2-10,17H,11-16,18H2,1H3. The minimum absolute atomic E-state index is 0.0164. The number of halogens is 5. The molecule has 224 valence electrons. The average Bonchev–Trinajstić information content (AvgIpc) is 3.36. The maximum Gasteiger partial charge on any atom is 0.260 e. The van der Waals surface area contributed by atoms with Crippen molar-refractivity contribution in [2.24, 2.45) is 0 Å². The van der Waals surface area contributed by atoms with Crippen LogP contribution < -0.4 is 0 Å². The van der Waals surface area contributed by atoms with Gasteiger partial charge >= 0.3 is 0 Å². The van der Waals surface area contributed by atoms with Gasteiger partial charge in [-0.2, -0.15) is 0 Å². The monoisotopic (exact) mass is 646 g/mol. The summed E-state index contributed by atoms with van der Waals surface area (Å²) in [6, 6.07) is 14.9. The molecule has 0 atom stereocenters. The number of aryl methyl sites for hydroxylation is 1. The highest BCUT2D eigenvalue weighted by atomic mass is 35.5. The summed E-state index contributed by atoms with van der Waals surface area (Å²) in [5, 5.41) is 4.83. The van der Waals surface area contributed by atoms with E-state index in [4.69, 9.17) is 39.3 Å². The average molecular weight is 648 g/mol. The third-order valence-corrected chi connectivity index (χ3v) is 8.22. The molecule has 0 unspecified atom stereocenters. The third kappa shape index (κ3) is 7.02. The number of rotatable bonds is 8. The van der Waals surface area contributed by atoms with Crippen molar-refractivity contribution in [1.29, 1.82) is 0 Å². The van der Waals surface area contributed by atoms with Crippen LogP contribution in [0.2, 0.25) is 15.1 Å². The first-order chi connectivity index (χ1) is 20.6. The Kier molecular flexibility index (Phi) is 9.66. The number of carbonyl (C=O) groups excluding carboxylic acids is 2. The fourth-order valence-electron chi connectivity index (χ4n) is 5.01. The van der Waals surface area contributed by atoms with Crippen LogP contribution in [0.15, 0.2) is 65.2 Å². The van der Waals surface area contributed by atoms with Gasteiger partial charge in [-0.15, -0.1) is 0 Å². The molecular weight excluding hydrogens is 621 g/mol. The fraction of sp³-hybridized carbons (Fsp3) is 0.258. The number of piperazine rings is 1. The van der Waals surface area contributed by atoms with Gasteiger partial charge in [0.15, 0.2) is 0 Å². The molecule has 1 aromatic heterocycles. The Morgan fingerprint density at radius 3 is 2.35 bits per heavy atom. The van der Waals surface area contributed by atoms with Crippen LogP contribution in [0.4, 0.5) is 8.78 Å². The summed E-state index contributed by atoms with van der Waals surface area (Å²) in [6.07, 6.45) is 0. The second-order valence-corrected chi connectivity index (χ2v) is 11.4. The first-order valence-corrected chi connectivity index (χ1v) is 14.7. The highest BCUT2D eigenvalue weighted by Crippen LogP contribution is 2.34. The van der Waals surface area contributed by atoms with E-state index in [1.807, 2.05) is 0 Å². The highest BCUT2D eigenvalue weighted by molar-refractivity contribution is 6.36. The molecule has 1 aliphatic heterocycles. The predicted molar refractivity (Wildman–Crippen MR) is 162 cm³/mol. The maximum absolute atomic E-state index is 14.8. The normalized spacial score (nSPS) is 13.8. The lowest BCUT2D eigenvalue weighted by Crippen LogP contribution is -2.50. The van der Waals surface area contributed by atoms with Crippen molar-refractivity contribution in [3.8, 4) is 11.3 Å². The number of carbonyl (C=O) groups is 2. The SMILES string of the molecule is Cc1onc(-c2c(F)cccc2Cl)c1C(=O)N(CCN1CCN(C(=O)c2ccc(Cl)cc2Cl)CC1)Cc1ccc(F)cc1. The summed E-state index contributed by atoms with van der Waals surface area (Å²) in [5.41, 5.74) is 1.20. The molecule has 43 heavy (non-hydrogen) atoms. The van der Waals surface area contributed by atoms with Crippen LogP contribution >= 0.6 is 34.8 Å². The van der Waals surface area contributed by atoms with Gasteiger partial charge in [0.25, 0.3) is 11.8 Å². The zero-order valence-corrected chi connectivity index (χ0v) is 25.4. The van der Waals surface area contributed by atoms with Gasteiger partial charge < -0.3 is 14.3 Å². The lowest BCUT2D eigenvalue weighted by Gasteiger charge is -2.36. The Hall–Kier alpha value is -3.50. The van der Waals surface area contributed by atoms with E-state index in [9.17, 15) is 18.4 Å². The molecule has 5 rings (SSSR count). The molecule has 0 spiro atoms. The Balaban J connectivity index is 1.32. The lowest BCUT2D eigenvalue weighted by molar-refractivity contribution is 0.0598. The van der Waals surface area contributed by atoms with Crippen molar-refractivity contribution in [3.05, 3.63) is 110 Å². The summed E-state index contributed by atoms with van der Waals surface area (Å²) in [7, 11) is 0. The Bertz CT molecular complexity index is 1620. The molecule has 7 nitrogen and oxygen atoms in total. The zero-order chi connectivity index (χ0) is 30.7. The minimum atomic E-state index is -0.632. The Morgan fingerprint density at radius 2 is 1.67 bits per heavy atom. The molecule has 1 fully saturated rings. The summed E-state index contributed by atoms with van der Waals surface area (Å²) >= 11 is 18.5. The fourth-order valence-corrected chi connectivity index (χ4v) is 5.75. The van der Waals surface area contributed by atoms with E-state index in [-0.39, 0.29) is 45.9 Å². The van der Waals surface area contributed by atoms with Crippen molar-refractivity contribution >= 4 is 46.6 Å². The number of amides is 2. The quantitative estimate of drug-likeness (QED) is 0.206. The van der Waals surface area contributed by atoms with Gasteiger partial charge in [0.05, 0.1) is 21.2 Å². The minimum Gasteiger partial charge on any atom is -0.360 e. The Morgan fingerprint density at radius 1 is 0.953 bits per heavy atom. The number of nitrogens with zero attached hydrogens (tertiary/aromatic N) is 4. The van der Waals surface area contributed by atoms with Crippen molar-refractivity contribution in [2.75, 3.05) is 39.3 Å². The molecule has 4 aromatic rings. The molecule has 2 amide bonds. The van der Waals surface area contributed by atoms with Crippen LogP contribution in [0.25, 0.3) is 11.3 Å². The smallest absolute Gasteiger partial charge is 0.260 e. The van der Waals surface area contributed by atoms with E-state index in [1.54, 1.807) is 47.1 Å². The van der Waals surface area contributed by atoms with E-state index in [0.29, 0.717) is 60.4 Å². The molecule has 12 heteroatoms. The van der Waals surface area contributed by atoms with Gasteiger partial charge in [-0.1, -0.05) is 58.2 Å². The van der Waals surface area contributed by atoms with Crippen LogP contribution in [-0.4, -0.2) is 70.9 Å². The van der Waals surface area contributed by atoms with Crippen LogP contribution in [0, 0.1) is 18.6 Å². The van der Waals surface area contributed by atoms with Crippen LogP contribution in [0.5, 0.6) is 0 Å². The number of benzene rings is 3. The molecule has 1 saturated heterocycles. The van der Waals surface area contributed by atoms with E-state index in [1.165, 1.54) is 30.3 Å². The first kappa shape index (κ1) is 30.9. The van der Waals surface area contributed by atoms with Gasteiger partial charge in [0, 0.05) is 50.8 Å². The molecule has 0 N–H and O–H groups in total. The lowest BCUT2D eigenvalue weighted by atomic mass is 10.0. The molecule has 2 heterocycles. The van der Waals surface area contributed by atoms with Crippen LogP contribution in [0.1, 0.15) is 32.0 Å². The number of aromatic nitrogens is 1. The summed E-state index contributed by atoms with van der Waals surface area (Å²) in [6.45, 7) is 4.66. The number of hydrogen-bond donors (Lipinski definition) is 0. The van der Waals surface area contributed by atoms with E-state index < -0.39 is 11.7 Å². The van der Waals surface area contributed by atoms with E-state index in [2.05, 4.69) is 10.1 Å². The summed E-state index contributed by atoms with van der Waals surface area (Å²) in [5.74, 6) is -1.40. The molecule has 0 bridgehead atoms. The van der Waals surface area contributed by atoms with Gasteiger partial charge in [-0.3, -0.25) is 14.5 Å². The Labute approximate surface area is 262 Å². The topological polar surface area (TPSA) is 69.9 Å². The van der Waals surface area contributed by atoms with E-state index in [0.717, 1.165) is 0 Å². The molecule has 0 radical (unpaired) electrons. The molecule has 3 aromatic carbocycles. The highest BCUT2D eigenvalue weighted by Gasteiger charge is 2.30. The van der Waals surface area contributed by atoms with Gasteiger partial charge in [0.1, 0.15) is 28.7 Å². The van der Waals surface area contributed by atoms with Crippen LogP contribution in [0.3, 0.4) is 0 Å². The van der Waals surface area contributed by atoms with Crippen LogP contribution in [-0.2, 0) is 6.54 Å². The molecule has 0 aliphatic carbocycles. The first-order valence-electron chi connectivity index (χ1n) is 13.5. The van der Waals surface area contributed by atoms with Crippen molar-refractivity contribution in [1.82, 2.24) is 19.9 Å². The second kappa shape index (κ2) is 13.4. The van der Waals surface area contributed by atoms with Crippen molar-refractivity contribution in [3.63, 3.8) is 0 Å². The third-order valence-electron chi connectivity index (χ3n) is 7.36. The van der Waals surface area contributed by atoms with Crippen molar-refractivity contribution < 1.29 is 22.9 Å². The number of hydrogen-bond acceptors (Lipinski definition) is 5.